The van der Waals surface area contributed by atoms with Gasteiger partial charge in [-0.05, 0) is 49.4 Å². The maximum atomic E-state index is 12.4. The Kier molecular flexibility index (Phi) is 3.27. The molecular weight excluding hydrogens is 278 g/mol. The quantitative estimate of drug-likeness (QED) is 0.741. The highest BCUT2D eigenvalue weighted by molar-refractivity contribution is 5.68. The highest BCUT2D eigenvalue weighted by Gasteiger charge is 2.51. The van der Waals surface area contributed by atoms with Crippen molar-refractivity contribution in [1.29, 1.82) is 0 Å². The fraction of sp³-hybridized carbons (Fsp3) is 0.944. The summed E-state index contributed by atoms with van der Waals surface area (Å²) in [6.07, 6.45) is 9.00. The number of likely N-dealkylation sites (tertiary alicyclic amines) is 1. The molecular formula is C18H29NO3. The van der Waals surface area contributed by atoms with E-state index in [0.29, 0.717) is 10.8 Å². The summed E-state index contributed by atoms with van der Waals surface area (Å²) in [5, 5.41) is 0. The van der Waals surface area contributed by atoms with Crippen LogP contribution in [0, 0.1) is 10.8 Å². The summed E-state index contributed by atoms with van der Waals surface area (Å²) in [5.74, 6) is 0. The fourth-order valence-electron chi connectivity index (χ4n) is 5.28. The van der Waals surface area contributed by atoms with Crippen LogP contribution in [0.3, 0.4) is 0 Å². The summed E-state index contributed by atoms with van der Waals surface area (Å²) in [6, 6.07) is 0. The van der Waals surface area contributed by atoms with Crippen LogP contribution in [0.2, 0.25) is 0 Å². The SMILES string of the molecule is CC1(C)CC2(CCN(C(=O)OC3CCOC4(CC4)C3)CC2)C1. The van der Waals surface area contributed by atoms with Gasteiger partial charge in [0.05, 0.1) is 12.2 Å². The number of hydrogen-bond donors (Lipinski definition) is 0. The van der Waals surface area contributed by atoms with E-state index in [-0.39, 0.29) is 17.8 Å². The van der Waals surface area contributed by atoms with Crippen molar-refractivity contribution in [3.05, 3.63) is 0 Å². The van der Waals surface area contributed by atoms with Crippen molar-refractivity contribution in [1.82, 2.24) is 4.90 Å². The van der Waals surface area contributed by atoms with Gasteiger partial charge in [-0.15, -0.1) is 0 Å². The first-order valence-corrected chi connectivity index (χ1v) is 8.99. The molecule has 1 amide bonds. The van der Waals surface area contributed by atoms with Crippen molar-refractivity contribution in [3.8, 4) is 0 Å². The molecule has 0 radical (unpaired) electrons. The van der Waals surface area contributed by atoms with Crippen molar-refractivity contribution < 1.29 is 14.3 Å². The summed E-state index contributed by atoms with van der Waals surface area (Å²) in [6.45, 7) is 7.22. The van der Waals surface area contributed by atoms with Gasteiger partial charge in [0.2, 0.25) is 0 Å². The van der Waals surface area contributed by atoms with E-state index in [9.17, 15) is 4.79 Å². The first-order valence-electron chi connectivity index (χ1n) is 8.99. The minimum atomic E-state index is -0.0869. The molecule has 124 valence electrons. The van der Waals surface area contributed by atoms with E-state index < -0.39 is 0 Å². The first-order chi connectivity index (χ1) is 10.4. The molecule has 1 atom stereocenters. The Morgan fingerprint density at radius 1 is 1.14 bits per heavy atom. The van der Waals surface area contributed by atoms with Gasteiger partial charge >= 0.3 is 6.09 Å². The predicted octanol–water partition coefficient (Wildman–Crippen LogP) is 3.74. The van der Waals surface area contributed by atoms with E-state index in [1.807, 2.05) is 4.90 Å². The van der Waals surface area contributed by atoms with E-state index in [1.165, 1.54) is 12.8 Å². The molecule has 0 aromatic rings. The molecule has 4 nitrogen and oxygen atoms in total. The zero-order valence-electron chi connectivity index (χ0n) is 14.0. The molecule has 1 unspecified atom stereocenters. The number of hydrogen-bond acceptors (Lipinski definition) is 3. The van der Waals surface area contributed by atoms with Crippen LogP contribution >= 0.6 is 0 Å². The Labute approximate surface area is 133 Å². The molecule has 22 heavy (non-hydrogen) atoms. The second-order valence-corrected chi connectivity index (χ2v) is 9.03. The van der Waals surface area contributed by atoms with Crippen molar-refractivity contribution in [2.24, 2.45) is 10.8 Å². The van der Waals surface area contributed by atoms with Crippen LogP contribution in [0.4, 0.5) is 4.79 Å². The third kappa shape index (κ3) is 2.75. The maximum absolute atomic E-state index is 12.4. The van der Waals surface area contributed by atoms with E-state index in [0.717, 1.165) is 58.2 Å². The van der Waals surface area contributed by atoms with Gasteiger partial charge in [-0.2, -0.15) is 0 Å². The molecule has 4 rings (SSSR count). The Bertz CT molecular complexity index is 451. The van der Waals surface area contributed by atoms with Crippen LogP contribution < -0.4 is 0 Å². The normalized spacial score (nSPS) is 34.3. The van der Waals surface area contributed by atoms with Gasteiger partial charge in [0.15, 0.2) is 0 Å². The van der Waals surface area contributed by atoms with Crippen LogP contribution in [0.5, 0.6) is 0 Å². The Balaban J connectivity index is 1.26. The number of piperidine rings is 1. The minimum absolute atomic E-state index is 0.0715. The number of ether oxygens (including phenoxy) is 2. The summed E-state index contributed by atoms with van der Waals surface area (Å²) >= 11 is 0. The van der Waals surface area contributed by atoms with Crippen LogP contribution in [0.1, 0.15) is 65.2 Å². The van der Waals surface area contributed by atoms with Crippen molar-refractivity contribution in [2.75, 3.05) is 19.7 Å². The molecule has 0 aromatic carbocycles. The summed E-state index contributed by atoms with van der Waals surface area (Å²) < 4.78 is 11.6. The standard InChI is InChI=1S/C18H29NO3/c1-16(2)12-17(13-16)6-8-19(9-7-17)15(20)22-14-3-10-21-18(11-14)4-5-18/h14H,3-13H2,1-2H3. The zero-order valence-corrected chi connectivity index (χ0v) is 14.0. The lowest BCUT2D eigenvalue weighted by molar-refractivity contribution is -0.0797. The van der Waals surface area contributed by atoms with Crippen molar-refractivity contribution in [3.63, 3.8) is 0 Å². The van der Waals surface area contributed by atoms with Crippen LogP contribution in [-0.4, -0.2) is 42.4 Å². The average molecular weight is 307 g/mol. The largest absolute Gasteiger partial charge is 0.446 e. The summed E-state index contributed by atoms with van der Waals surface area (Å²) in [4.78, 5) is 14.3. The third-order valence-electron chi connectivity index (χ3n) is 6.31. The number of rotatable bonds is 1. The lowest BCUT2D eigenvalue weighted by Crippen LogP contribution is -2.52. The van der Waals surface area contributed by atoms with Gasteiger partial charge in [0, 0.05) is 25.9 Å². The maximum Gasteiger partial charge on any atom is 0.410 e. The molecule has 4 fully saturated rings. The van der Waals surface area contributed by atoms with E-state index in [2.05, 4.69) is 13.8 Å². The van der Waals surface area contributed by atoms with E-state index in [4.69, 9.17) is 9.47 Å². The van der Waals surface area contributed by atoms with Crippen LogP contribution in [0.25, 0.3) is 0 Å². The predicted molar refractivity (Wildman–Crippen MR) is 83.7 cm³/mol. The smallest absolute Gasteiger partial charge is 0.410 e. The Morgan fingerprint density at radius 2 is 1.82 bits per heavy atom. The molecule has 2 spiro atoms. The summed E-state index contributed by atoms with van der Waals surface area (Å²) in [7, 11) is 0. The molecule has 4 heteroatoms. The fourth-order valence-corrected chi connectivity index (χ4v) is 5.28. The number of amides is 1. The van der Waals surface area contributed by atoms with Gasteiger partial charge in [-0.1, -0.05) is 13.8 Å². The van der Waals surface area contributed by atoms with Gasteiger partial charge in [-0.25, -0.2) is 4.79 Å². The molecule has 0 aromatic heterocycles. The molecule has 0 bridgehead atoms. The molecule has 0 N–H and O–H groups in total. The number of carbonyl (C=O) groups is 1. The molecule has 2 saturated carbocycles. The Hall–Kier alpha value is -0.770. The third-order valence-corrected chi connectivity index (χ3v) is 6.31. The van der Waals surface area contributed by atoms with Crippen molar-refractivity contribution >= 4 is 6.09 Å². The molecule has 4 aliphatic rings. The van der Waals surface area contributed by atoms with E-state index in [1.54, 1.807) is 0 Å². The van der Waals surface area contributed by atoms with Crippen molar-refractivity contribution in [2.45, 2.75) is 76.9 Å². The molecule has 2 saturated heterocycles. The lowest BCUT2D eigenvalue weighted by atomic mass is 9.51. The highest BCUT2D eigenvalue weighted by atomic mass is 16.6. The van der Waals surface area contributed by atoms with E-state index >= 15 is 0 Å². The van der Waals surface area contributed by atoms with Gasteiger partial charge < -0.3 is 14.4 Å². The number of nitrogens with zero attached hydrogens (tertiary/aromatic N) is 1. The minimum Gasteiger partial charge on any atom is -0.446 e. The van der Waals surface area contributed by atoms with Gasteiger partial charge in [0.1, 0.15) is 6.10 Å². The van der Waals surface area contributed by atoms with Crippen LogP contribution in [0.15, 0.2) is 0 Å². The summed E-state index contributed by atoms with van der Waals surface area (Å²) in [5.41, 5.74) is 1.12. The second-order valence-electron chi connectivity index (χ2n) is 9.03. The lowest BCUT2D eigenvalue weighted by Gasteiger charge is -2.56. The highest BCUT2D eigenvalue weighted by Crippen LogP contribution is 2.59. The Morgan fingerprint density at radius 3 is 2.41 bits per heavy atom. The monoisotopic (exact) mass is 307 g/mol. The molecule has 2 aliphatic carbocycles. The first kappa shape index (κ1) is 14.8. The zero-order chi connectivity index (χ0) is 15.4. The topological polar surface area (TPSA) is 38.8 Å². The van der Waals surface area contributed by atoms with Gasteiger partial charge in [0.25, 0.3) is 0 Å². The van der Waals surface area contributed by atoms with Crippen LogP contribution in [-0.2, 0) is 9.47 Å². The van der Waals surface area contributed by atoms with Gasteiger partial charge in [-0.3, -0.25) is 0 Å². The molecule has 2 heterocycles. The molecule has 2 aliphatic heterocycles. The second kappa shape index (κ2) is 4.86. The number of carbonyl (C=O) groups excluding carboxylic acids is 1. The average Bonchev–Trinajstić information content (AvgIpc) is 3.16.